The summed E-state index contributed by atoms with van der Waals surface area (Å²) < 4.78 is 44.0. The quantitative estimate of drug-likeness (QED) is 0.811. The lowest BCUT2D eigenvalue weighted by Gasteiger charge is -2.08. The average Bonchev–Trinajstić information content (AvgIpc) is 2.34. The summed E-state index contributed by atoms with van der Waals surface area (Å²) in [6, 6.07) is 7.75. The molecule has 0 aliphatic rings. The van der Waals surface area contributed by atoms with Crippen LogP contribution < -0.4 is 4.74 Å². The molecule has 0 bridgehead atoms. The Morgan fingerprint density at radius 1 is 0.889 bits per heavy atom. The fourth-order valence-electron chi connectivity index (χ4n) is 1.36. The molecule has 0 atom stereocenters. The third kappa shape index (κ3) is 2.43. The van der Waals surface area contributed by atoms with Crippen LogP contribution in [0.4, 0.5) is 13.2 Å². The first-order valence-electron chi connectivity index (χ1n) is 4.92. The summed E-state index contributed by atoms with van der Waals surface area (Å²) in [5.41, 5.74) is -0.0706. The zero-order valence-electron chi connectivity index (χ0n) is 8.95. The van der Waals surface area contributed by atoms with Gasteiger partial charge in [0.15, 0.2) is 11.6 Å². The molecule has 90 valence electrons. The summed E-state index contributed by atoms with van der Waals surface area (Å²) in [6.45, 7) is 0. The summed E-state index contributed by atoms with van der Waals surface area (Å²) >= 11 is 0. The van der Waals surface area contributed by atoms with Crippen LogP contribution in [0.25, 0.3) is 0 Å². The van der Waals surface area contributed by atoms with E-state index in [-0.39, 0.29) is 17.1 Å². The summed E-state index contributed by atoms with van der Waals surface area (Å²) in [7, 11) is 0. The summed E-state index contributed by atoms with van der Waals surface area (Å²) in [6.07, 6.45) is 0. The van der Waals surface area contributed by atoms with Crippen molar-refractivity contribution in [1.82, 2.24) is 0 Å². The van der Waals surface area contributed by atoms with Crippen LogP contribution in [0, 0.1) is 28.8 Å². The van der Waals surface area contributed by atoms with E-state index in [2.05, 4.69) is 0 Å². The van der Waals surface area contributed by atoms with Crippen LogP contribution in [0.1, 0.15) is 5.56 Å². The molecule has 2 nitrogen and oxygen atoms in total. The van der Waals surface area contributed by atoms with E-state index in [4.69, 9.17) is 10.00 Å². The van der Waals surface area contributed by atoms with Crippen LogP contribution in [0.2, 0.25) is 0 Å². The molecule has 2 aromatic rings. The summed E-state index contributed by atoms with van der Waals surface area (Å²) in [4.78, 5) is 0. The Hall–Kier alpha value is -2.48. The van der Waals surface area contributed by atoms with Gasteiger partial charge in [-0.05, 0) is 30.3 Å². The van der Waals surface area contributed by atoms with Crippen LogP contribution in [-0.4, -0.2) is 0 Å². The lowest BCUT2D eigenvalue weighted by molar-refractivity contribution is 0.435. The number of rotatable bonds is 2. The molecule has 2 aromatic carbocycles. The van der Waals surface area contributed by atoms with E-state index in [1.165, 1.54) is 6.07 Å². The Bertz CT molecular complexity index is 635. The van der Waals surface area contributed by atoms with Gasteiger partial charge in [0.05, 0.1) is 5.56 Å². The summed E-state index contributed by atoms with van der Waals surface area (Å²) in [5.74, 6) is -2.47. The standard InChI is InChI=1S/C13H6F3NO/c14-9-1-3-12(8(5-9)7-17)18-13-4-2-10(15)6-11(13)16/h1-6H. The Morgan fingerprint density at radius 3 is 2.11 bits per heavy atom. The fourth-order valence-corrected chi connectivity index (χ4v) is 1.36. The van der Waals surface area contributed by atoms with Crippen molar-refractivity contribution < 1.29 is 17.9 Å². The number of nitrogens with zero attached hydrogens (tertiary/aromatic N) is 1. The fraction of sp³-hybridized carbons (Fsp3) is 0. The molecule has 0 spiro atoms. The molecule has 0 fully saturated rings. The highest BCUT2D eigenvalue weighted by atomic mass is 19.1. The third-order valence-corrected chi connectivity index (χ3v) is 2.18. The molecule has 0 N–H and O–H groups in total. The highest BCUT2D eigenvalue weighted by molar-refractivity contribution is 5.45. The third-order valence-electron chi connectivity index (χ3n) is 2.18. The SMILES string of the molecule is N#Cc1cc(F)ccc1Oc1ccc(F)cc1F. The molecule has 0 saturated carbocycles. The van der Waals surface area contributed by atoms with Gasteiger partial charge in [0.2, 0.25) is 0 Å². The first kappa shape index (κ1) is 12.0. The zero-order valence-corrected chi connectivity index (χ0v) is 8.95. The average molecular weight is 249 g/mol. The molecule has 5 heteroatoms. The normalized spacial score (nSPS) is 9.89. The van der Waals surface area contributed by atoms with E-state index in [1.807, 2.05) is 0 Å². The molecule has 0 aromatic heterocycles. The molecule has 0 saturated heterocycles. The largest absolute Gasteiger partial charge is 0.453 e. The van der Waals surface area contributed by atoms with Crippen molar-refractivity contribution in [1.29, 1.82) is 5.26 Å². The maximum Gasteiger partial charge on any atom is 0.168 e. The van der Waals surface area contributed by atoms with E-state index in [9.17, 15) is 13.2 Å². The number of hydrogen-bond donors (Lipinski definition) is 0. The lowest BCUT2D eigenvalue weighted by atomic mass is 10.2. The molecule has 0 unspecified atom stereocenters. The molecule has 0 heterocycles. The number of hydrogen-bond acceptors (Lipinski definition) is 2. The van der Waals surface area contributed by atoms with Crippen LogP contribution in [-0.2, 0) is 0 Å². The predicted octanol–water partition coefficient (Wildman–Crippen LogP) is 3.77. The lowest BCUT2D eigenvalue weighted by Crippen LogP contribution is -1.92. The van der Waals surface area contributed by atoms with Crippen molar-refractivity contribution in [2.45, 2.75) is 0 Å². The molecular weight excluding hydrogens is 243 g/mol. The minimum atomic E-state index is -0.900. The van der Waals surface area contributed by atoms with Gasteiger partial charge in [-0.1, -0.05) is 0 Å². The molecule has 18 heavy (non-hydrogen) atoms. The molecule has 2 rings (SSSR count). The van der Waals surface area contributed by atoms with Crippen molar-refractivity contribution in [2.24, 2.45) is 0 Å². The van der Waals surface area contributed by atoms with Crippen LogP contribution in [0.15, 0.2) is 36.4 Å². The van der Waals surface area contributed by atoms with Gasteiger partial charge in [0.25, 0.3) is 0 Å². The highest BCUT2D eigenvalue weighted by Crippen LogP contribution is 2.27. The maximum atomic E-state index is 13.3. The number of nitriles is 1. The van der Waals surface area contributed by atoms with Crippen LogP contribution in [0.5, 0.6) is 11.5 Å². The molecule has 0 aliphatic heterocycles. The Morgan fingerprint density at radius 2 is 1.50 bits per heavy atom. The monoisotopic (exact) mass is 249 g/mol. The first-order chi connectivity index (χ1) is 8.60. The van der Waals surface area contributed by atoms with E-state index in [0.29, 0.717) is 6.07 Å². The Balaban J connectivity index is 2.37. The molecule has 0 aliphatic carbocycles. The second-order valence-corrected chi connectivity index (χ2v) is 3.43. The minimum absolute atomic E-state index is 0.00408. The summed E-state index contributed by atoms with van der Waals surface area (Å²) in [5, 5.41) is 8.78. The zero-order chi connectivity index (χ0) is 13.1. The highest BCUT2D eigenvalue weighted by Gasteiger charge is 2.10. The molecule has 0 amide bonds. The van der Waals surface area contributed by atoms with E-state index < -0.39 is 17.5 Å². The number of ether oxygens (including phenoxy) is 1. The second kappa shape index (κ2) is 4.80. The number of benzene rings is 2. The van der Waals surface area contributed by atoms with E-state index >= 15 is 0 Å². The van der Waals surface area contributed by atoms with Crippen molar-refractivity contribution in [3.05, 3.63) is 59.4 Å². The van der Waals surface area contributed by atoms with Crippen molar-refractivity contribution >= 4 is 0 Å². The van der Waals surface area contributed by atoms with E-state index in [0.717, 1.165) is 24.3 Å². The van der Waals surface area contributed by atoms with E-state index in [1.54, 1.807) is 6.07 Å². The van der Waals surface area contributed by atoms with Gasteiger partial charge in [0.1, 0.15) is 23.5 Å². The van der Waals surface area contributed by atoms with Crippen LogP contribution in [0.3, 0.4) is 0 Å². The van der Waals surface area contributed by atoms with Crippen molar-refractivity contribution in [3.8, 4) is 17.6 Å². The van der Waals surface area contributed by atoms with Crippen molar-refractivity contribution in [3.63, 3.8) is 0 Å². The second-order valence-electron chi connectivity index (χ2n) is 3.43. The Kier molecular flexibility index (Phi) is 3.20. The van der Waals surface area contributed by atoms with Gasteiger partial charge in [-0.3, -0.25) is 0 Å². The van der Waals surface area contributed by atoms with Crippen molar-refractivity contribution in [2.75, 3.05) is 0 Å². The smallest absolute Gasteiger partial charge is 0.168 e. The minimum Gasteiger partial charge on any atom is -0.453 e. The molecular formula is C13H6F3NO. The topological polar surface area (TPSA) is 33.0 Å². The van der Waals surface area contributed by atoms with Gasteiger partial charge in [-0.25, -0.2) is 13.2 Å². The number of halogens is 3. The van der Waals surface area contributed by atoms with Gasteiger partial charge in [0, 0.05) is 6.07 Å². The van der Waals surface area contributed by atoms with Crippen LogP contribution >= 0.6 is 0 Å². The first-order valence-corrected chi connectivity index (χ1v) is 4.92. The molecule has 0 radical (unpaired) electrons. The van der Waals surface area contributed by atoms with Gasteiger partial charge >= 0.3 is 0 Å². The predicted molar refractivity (Wildman–Crippen MR) is 57.5 cm³/mol. The van der Waals surface area contributed by atoms with Gasteiger partial charge < -0.3 is 4.74 Å². The maximum absolute atomic E-state index is 13.3. The van der Waals surface area contributed by atoms with Gasteiger partial charge in [-0.15, -0.1) is 0 Å². The van der Waals surface area contributed by atoms with Gasteiger partial charge in [-0.2, -0.15) is 5.26 Å². The Labute approximate surface area is 101 Å².